The fraction of sp³-hybridized carbons (Fsp3) is 0.333. The van der Waals surface area contributed by atoms with Gasteiger partial charge in [-0.15, -0.1) is 0 Å². The summed E-state index contributed by atoms with van der Waals surface area (Å²) in [5, 5.41) is 3.64. The van der Waals surface area contributed by atoms with Gasteiger partial charge in [0, 0.05) is 28.6 Å². The molecule has 2 aromatic rings. The number of ketones is 1. The van der Waals surface area contributed by atoms with E-state index in [0.717, 1.165) is 30.2 Å². The second kappa shape index (κ2) is 4.88. The van der Waals surface area contributed by atoms with Gasteiger partial charge in [0.2, 0.25) is 5.91 Å². The lowest BCUT2D eigenvalue weighted by atomic mass is 9.85. The Morgan fingerprint density at radius 3 is 2.79 bits per heavy atom. The highest BCUT2D eigenvalue weighted by atomic mass is 16.2. The summed E-state index contributed by atoms with van der Waals surface area (Å²) in [7, 11) is 0. The third-order valence-electron chi connectivity index (χ3n) is 3.79. The van der Waals surface area contributed by atoms with E-state index in [4.69, 9.17) is 0 Å². The first-order valence-electron chi connectivity index (χ1n) is 6.63. The van der Waals surface area contributed by atoms with Crippen molar-refractivity contribution in [1.29, 1.82) is 0 Å². The third kappa shape index (κ3) is 2.26. The molecule has 0 spiro atoms. The lowest BCUT2D eigenvalue weighted by Gasteiger charge is -2.23. The maximum Gasteiger partial charge on any atom is 0.223 e. The van der Waals surface area contributed by atoms with Crippen molar-refractivity contribution in [1.82, 2.24) is 10.3 Å². The molecule has 98 valence electrons. The summed E-state index contributed by atoms with van der Waals surface area (Å²) in [4.78, 5) is 26.9. The van der Waals surface area contributed by atoms with E-state index in [2.05, 4.69) is 10.3 Å². The normalized spacial score (nSPS) is 15.2. The number of nitrogens with one attached hydrogen (secondary N) is 2. The summed E-state index contributed by atoms with van der Waals surface area (Å²) in [5.41, 5.74) is 1.58. The average molecular weight is 256 g/mol. The van der Waals surface area contributed by atoms with Crippen molar-refractivity contribution < 1.29 is 9.59 Å². The molecule has 0 unspecified atom stereocenters. The smallest absolute Gasteiger partial charge is 0.223 e. The van der Waals surface area contributed by atoms with Crippen LogP contribution in [0.25, 0.3) is 10.9 Å². The van der Waals surface area contributed by atoms with Crippen molar-refractivity contribution in [3.63, 3.8) is 0 Å². The summed E-state index contributed by atoms with van der Waals surface area (Å²) in [6, 6.07) is 7.66. The average Bonchev–Trinajstić information content (AvgIpc) is 2.77. The highest BCUT2D eigenvalue weighted by Gasteiger charge is 2.25. The van der Waals surface area contributed by atoms with Crippen LogP contribution in [0.15, 0.2) is 30.5 Å². The van der Waals surface area contributed by atoms with Crippen LogP contribution >= 0.6 is 0 Å². The summed E-state index contributed by atoms with van der Waals surface area (Å²) in [6.45, 7) is 0.0805. The van der Waals surface area contributed by atoms with Crippen LogP contribution < -0.4 is 5.32 Å². The van der Waals surface area contributed by atoms with E-state index in [1.807, 2.05) is 24.3 Å². The highest BCUT2D eigenvalue weighted by Crippen LogP contribution is 2.26. The van der Waals surface area contributed by atoms with Gasteiger partial charge in [-0.05, 0) is 18.9 Å². The molecule has 0 radical (unpaired) electrons. The van der Waals surface area contributed by atoms with Crippen molar-refractivity contribution in [2.45, 2.75) is 19.3 Å². The molecule has 0 atom stereocenters. The number of H-pyrrole nitrogens is 1. The minimum absolute atomic E-state index is 0.0134. The van der Waals surface area contributed by atoms with Crippen LogP contribution in [-0.2, 0) is 4.79 Å². The Hall–Kier alpha value is -2.10. The molecule has 4 nitrogen and oxygen atoms in total. The van der Waals surface area contributed by atoms with Crippen LogP contribution in [0, 0.1) is 5.92 Å². The number of aromatic amines is 1. The van der Waals surface area contributed by atoms with Crippen LogP contribution in [-0.4, -0.2) is 23.2 Å². The SMILES string of the molecule is O=C(CNC(=O)C1CCC1)c1c[nH]c2ccccc12. The molecule has 3 rings (SSSR count). The Kier molecular flexibility index (Phi) is 3.07. The first-order valence-corrected chi connectivity index (χ1v) is 6.63. The molecule has 1 saturated carbocycles. The third-order valence-corrected chi connectivity index (χ3v) is 3.79. The van der Waals surface area contributed by atoms with Crippen molar-refractivity contribution in [2.75, 3.05) is 6.54 Å². The van der Waals surface area contributed by atoms with E-state index in [1.54, 1.807) is 6.20 Å². The Balaban J connectivity index is 1.68. The molecule has 1 fully saturated rings. The zero-order valence-electron chi connectivity index (χ0n) is 10.6. The molecule has 4 heteroatoms. The van der Waals surface area contributed by atoms with E-state index >= 15 is 0 Å². The maximum absolute atomic E-state index is 12.1. The zero-order chi connectivity index (χ0) is 13.2. The van der Waals surface area contributed by atoms with Gasteiger partial charge in [-0.25, -0.2) is 0 Å². The number of rotatable bonds is 4. The van der Waals surface area contributed by atoms with Gasteiger partial charge in [0.15, 0.2) is 5.78 Å². The van der Waals surface area contributed by atoms with Gasteiger partial charge in [0.25, 0.3) is 0 Å². The lowest BCUT2D eigenvalue weighted by Crippen LogP contribution is -2.37. The standard InChI is InChI=1S/C15H16N2O2/c18-14(9-17-15(19)10-4-3-5-10)12-8-16-13-7-2-1-6-11(12)13/h1-2,6-8,10,16H,3-5,9H2,(H,17,19). The van der Waals surface area contributed by atoms with Crippen molar-refractivity contribution >= 4 is 22.6 Å². The molecule has 1 aromatic carbocycles. The number of amides is 1. The second-order valence-corrected chi connectivity index (χ2v) is 5.02. The Morgan fingerprint density at radius 1 is 1.26 bits per heavy atom. The number of benzene rings is 1. The number of carbonyl (C=O) groups excluding carboxylic acids is 2. The van der Waals surface area contributed by atoms with Gasteiger partial charge in [-0.2, -0.15) is 0 Å². The fourth-order valence-corrected chi connectivity index (χ4v) is 2.38. The summed E-state index contributed by atoms with van der Waals surface area (Å²) < 4.78 is 0. The van der Waals surface area contributed by atoms with Gasteiger partial charge in [0.05, 0.1) is 6.54 Å². The largest absolute Gasteiger partial charge is 0.360 e. The molecule has 1 aliphatic rings. The predicted molar refractivity (Wildman–Crippen MR) is 73.0 cm³/mol. The Labute approximate surface area is 111 Å². The van der Waals surface area contributed by atoms with Crippen LogP contribution in [0.3, 0.4) is 0 Å². The van der Waals surface area contributed by atoms with Crippen LogP contribution in [0.2, 0.25) is 0 Å². The van der Waals surface area contributed by atoms with Gasteiger partial charge < -0.3 is 10.3 Å². The molecule has 1 aromatic heterocycles. The lowest BCUT2D eigenvalue weighted by molar-refractivity contribution is -0.127. The maximum atomic E-state index is 12.1. The minimum atomic E-state index is -0.0508. The van der Waals surface area contributed by atoms with Crippen LogP contribution in [0.1, 0.15) is 29.6 Å². The topological polar surface area (TPSA) is 62.0 Å². The summed E-state index contributed by atoms with van der Waals surface area (Å²) in [6.07, 6.45) is 4.73. The summed E-state index contributed by atoms with van der Waals surface area (Å²) in [5.74, 6) is 0.0836. The van der Waals surface area contributed by atoms with Crippen molar-refractivity contribution in [3.8, 4) is 0 Å². The van der Waals surface area contributed by atoms with E-state index in [-0.39, 0.29) is 24.2 Å². The molecular weight excluding hydrogens is 240 g/mol. The molecule has 0 aliphatic heterocycles. The van der Waals surface area contributed by atoms with Gasteiger partial charge in [-0.3, -0.25) is 9.59 Å². The number of carbonyl (C=O) groups is 2. The molecular formula is C15H16N2O2. The van der Waals surface area contributed by atoms with Crippen molar-refractivity contribution in [3.05, 3.63) is 36.0 Å². The highest BCUT2D eigenvalue weighted by molar-refractivity contribution is 6.09. The van der Waals surface area contributed by atoms with E-state index in [0.29, 0.717) is 5.56 Å². The number of fused-ring (bicyclic) bond motifs is 1. The minimum Gasteiger partial charge on any atom is -0.360 e. The molecule has 0 bridgehead atoms. The molecule has 1 aliphatic carbocycles. The monoisotopic (exact) mass is 256 g/mol. The van der Waals surface area contributed by atoms with Gasteiger partial charge in [-0.1, -0.05) is 24.6 Å². The zero-order valence-corrected chi connectivity index (χ0v) is 10.6. The Bertz CT molecular complexity index is 626. The number of para-hydroxylation sites is 1. The number of Topliss-reactive ketones (excluding diaryl/α,β-unsaturated/α-hetero) is 1. The second-order valence-electron chi connectivity index (χ2n) is 5.02. The fourth-order valence-electron chi connectivity index (χ4n) is 2.38. The first-order chi connectivity index (χ1) is 9.25. The number of hydrogen-bond donors (Lipinski definition) is 2. The number of aromatic nitrogens is 1. The first kappa shape index (κ1) is 12.0. The van der Waals surface area contributed by atoms with E-state index < -0.39 is 0 Å². The van der Waals surface area contributed by atoms with Crippen LogP contribution in [0.5, 0.6) is 0 Å². The predicted octanol–water partition coefficient (Wildman–Crippen LogP) is 2.27. The number of hydrogen-bond acceptors (Lipinski definition) is 2. The Morgan fingerprint density at radius 2 is 2.05 bits per heavy atom. The molecule has 19 heavy (non-hydrogen) atoms. The molecule has 2 N–H and O–H groups in total. The van der Waals surface area contributed by atoms with Crippen LogP contribution in [0.4, 0.5) is 0 Å². The molecule has 1 heterocycles. The molecule has 0 saturated heterocycles. The van der Waals surface area contributed by atoms with E-state index in [9.17, 15) is 9.59 Å². The molecule has 1 amide bonds. The van der Waals surface area contributed by atoms with Gasteiger partial charge in [0.1, 0.15) is 0 Å². The quantitative estimate of drug-likeness (QED) is 0.824. The summed E-state index contributed by atoms with van der Waals surface area (Å²) >= 11 is 0. The van der Waals surface area contributed by atoms with E-state index in [1.165, 1.54) is 0 Å². The van der Waals surface area contributed by atoms with Gasteiger partial charge >= 0.3 is 0 Å². The van der Waals surface area contributed by atoms with Crippen molar-refractivity contribution in [2.24, 2.45) is 5.92 Å².